The van der Waals surface area contributed by atoms with Crippen LogP contribution in [0.25, 0.3) is 0 Å². The van der Waals surface area contributed by atoms with Gasteiger partial charge in [-0.05, 0) is 51.4 Å². The van der Waals surface area contributed by atoms with Crippen molar-refractivity contribution in [2.24, 2.45) is 0 Å². The summed E-state index contributed by atoms with van der Waals surface area (Å²) in [7, 11) is 0. The number of nitrogens with one attached hydrogen (secondary N) is 2. The summed E-state index contributed by atoms with van der Waals surface area (Å²) in [4.78, 5) is 23.6. The van der Waals surface area contributed by atoms with Crippen LogP contribution in [-0.2, 0) is 9.59 Å². The van der Waals surface area contributed by atoms with E-state index in [9.17, 15) is 19.8 Å². The normalized spacial score (nSPS) is 13.0. The fraction of sp³-hybridized carbons (Fsp3) is 0.923. The summed E-state index contributed by atoms with van der Waals surface area (Å²) in [6, 6.07) is 0. The molecule has 2 amide bonds. The molecule has 2 atom stereocenters. The van der Waals surface area contributed by atoms with E-state index in [2.05, 4.69) is 10.6 Å². The van der Waals surface area contributed by atoms with Crippen LogP contribution < -0.4 is 10.6 Å². The predicted molar refractivity (Wildman–Crippen MR) is 132 cm³/mol. The summed E-state index contributed by atoms with van der Waals surface area (Å²) >= 11 is 0. The molecule has 6 nitrogen and oxygen atoms in total. The van der Waals surface area contributed by atoms with Crippen molar-refractivity contribution in [3.8, 4) is 0 Å². The number of aliphatic hydroxyl groups excluding tert-OH is 2. The highest BCUT2D eigenvalue weighted by Gasteiger charge is 2.04. The quantitative estimate of drug-likeness (QED) is 0.163. The molecule has 190 valence electrons. The molecule has 2 unspecified atom stereocenters. The van der Waals surface area contributed by atoms with Gasteiger partial charge >= 0.3 is 0 Å². The molecule has 0 aliphatic carbocycles. The van der Waals surface area contributed by atoms with Crippen LogP contribution in [0, 0.1) is 0 Å². The largest absolute Gasteiger partial charge is 0.393 e. The molecular formula is C26H52N2O4. The maximum Gasteiger partial charge on any atom is 0.219 e. The van der Waals surface area contributed by atoms with Crippen LogP contribution in [0.3, 0.4) is 0 Å². The minimum Gasteiger partial charge on any atom is -0.393 e. The van der Waals surface area contributed by atoms with E-state index >= 15 is 0 Å². The Morgan fingerprint density at radius 2 is 0.906 bits per heavy atom. The molecule has 0 aliphatic rings. The highest BCUT2D eigenvalue weighted by Crippen LogP contribution is 2.10. The third kappa shape index (κ3) is 22.1. The van der Waals surface area contributed by atoms with Gasteiger partial charge in [0.1, 0.15) is 0 Å². The van der Waals surface area contributed by atoms with Crippen molar-refractivity contribution >= 4 is 11.8 Å². The highest BCUT2D eigenvalue weighted by atomic mass is 16.3. The lowest BCUT2D eigenvalue weighted by atomic mass is 10.1. The zero-order chi connectivity index (χ0) is 23.9. The Labute approximate surface area is 197 Å². The lowest BCUT2D eigenvalue weighted by molar-refractivity contribution is -0.122. The van der Waals surface area contributed by atoms with Gasteiger partial charge in [-0.15, -0.1) is 0 Å². The molecule has 0 heterocycles. The topological polar surface area (TPSA) is 98.7 Å². The van der Waals surface area contributed by atoms with E-state index in [-0.39, 0.29) is 24.0 Å². The van der Waals surface area contributed by atoms with Crippen molar-refractivity contribution in [1.29, 1.82) is 0 Å². The van der Waals surface area contributed by atoms with Crippen LogP contribution in [0.5, 0.6) is 0 Å². The van der Waals surface area contributed by atoms with Gasteiger partial charge in [0.05, 0.1) is 12.2 Å². The Hall–Kier alpha value is -1.14. The van der Waals surface area contributed by atoms with Gasteiger partial charge in [0, 0.05) is 25.9 Å². The van der Waals surface area contributed by atoms with Crippen molar-refractivity contribution in [3.05, 3.63) is 0 Å². The summed E-state index contributed by atoms with van der Waals surface area (Å²) in [5.41, 5.74) is 0. The number of carbonyl (C=O) groups is 2. The van der Waals surface area contributed by atoms with Crippen molar-refractivity contribution < 1.29 is 19.8 Å². The van der Waals surface area contributed by atoms with Gasteiger partial charge in [0.25, 0.3) is 0 Å². The first-order chi connectivity index (χ1) is 15.5. The van der Waals surface area contributed by atoms with Gasteiger partial charge in [-0.1, -0.05) is 65.2 Å². The van der Waals surface area contributed by atoms with Crippen LogP contribution in [0.4, 0.5) is 0 Å². The van der Waals surface area contributed by atoms with E-state index in [0.717, 1.165) is 116 Å². The highest BCUT2D eigenvalue weighted by molar-refractivity contribution is 5.76. The van der Waals surface area contributed by atoms with Gasteiger partial charge < -0.3 is 20.8 Å². The lowest BCUT2D eigenvalue weighted by Gasteiger charge is -2.08. The zero-order valence-electron chi connectivity index (χ0n) is 21.0. The van der Waals surface area contributed by atoms with Crippen molar-refractivity contribution in [2.75, 3.05) is 13.1 Å². The van der Waals surface area contributed by atoms with Crippen LogP contribution in [-0.4, -0.2) is 47.3 Å². The number of rotatable bonds is 23. The molecule has 0 spiro atoms. The number of hydrogen-bond donors (Lipinski definition) is 4. The van der Waals surface area contributed by atoms with Crippen LogP contribution >= 0.6 is 0 Å². The SMILES string of the molecule is CCC(O)CCCCCCC(=O)NCCCCCCNC(=O)CCCCCCC(O)CC. The minimum absolute atomic E-state index is 0.146. The number of carbonyl (C=O) groups excluding carboxylic acids is 2. The Kier molecular flexibility index (Phi) is 22.2. The first kappa shape index (κ1) is 30.9. The second-order valence-corrected chi connectivity index (χ2v) is 9.14. The second-order valence-electron chi connectivity index (χ2n) is 9.14. The average Bonchev–Trinajstić information content (AvgIpc) is 2.79. The molecule has 0 bridgehead atoms. The van der Waals surface area contributed by atoms with E-state index < -0.39 is 0 Å². The molecule has 0 aromatic rings. The van der Waals surface area contributed by atoms with Gasteiger partial charge in [-0.25, -0.2) is 0 Å². The van der Waals surface area contributed by atoms with Gasteiger partial charge in [0.2, 0.25) is 11.8 Å². The Bertz CT molecular complexity index is 406. The predicted octanol–water partition coefficient (Wildman–Crippen LogP) is 5.00. The third-order valence-corrected chi connectivity index (χ3v) is 6.07. The summed E-state index contributed by atoms with van der Waals surface area (Å²) < 4.78 is 0. The number of hydrogen-bond acceptors (Lipinski definition) is 4. The second kappa shape index (κ2) is 23.0. The van der Waals surface area contributed by atoms with Crippen molar-refractivity contribution in [2.45, 2.75) is 142 Å². The maximum absolute atomic E-state index is 11.8. The number of unbranched alkanes of at least 4 members (excludes halogenated alkanes) is 9. The third-order valence-electron chi connectivity index (χ3n) is 6.07. The van der Waals surface area contributed by atoms with E-state index in [1.807, 2.05) is 13.8 Å². The standard InChI is InChI=1S/C26H52N2O4/c1-3-23(29)17-11-5-7-13-19-25(31)27-21-15-9-10-16-22-28-26(32)20-14-8-6-12-18-24(30)4-2/h23-24,29-30H,3-22H2,1-2H3,(H,27,31)(H,28,32). The smallest absolute Gasteiger partial charge is 0.219 e. The zero-order valence-corrected chi connectivity index (χ0v) is 21.0. The molecule has 0 fully saturated rings. The first-order valence-electron chi connectivity index (χ1n) is 13.4. The summed E-state index contributed by atoms with van der Waals surface area (Å²) in [5.74, 6) is 0.291. The molecular weight excluding hydrogens is 404 g/mol. The van der Waals surface area contributed by atoms with Crippen molar-refractivity contribution in [3.63, 3.8) is 0 Å². The Balaban J connectivity index is 3.32. The number of amides is 2. The van der Waals surface area contributed by atoms with E-state index in [4.69, 9.17) is 0 Å². The maximum atomic E-state index is 11.8. The minimum atomic E-state index is -0.165. The monoisotopic (exact) mass is 456 g/mol. The Morgan fingerprint density at radius 3 is 1.28 bits per heavy atom. The molecule has 0 radical (unpaired) electrons. The van der Waals surface area contributed by atoms with Gasteiger partial charge in [0.15, 0.2) is 0 Å². The first-order valence-corrected chi connectivity index (χ1v) is 13.4. The molecule has 0 saturated heterocycles. The Morgan fingerprint density at radius 1 is 0.562 bits per heavy atom. The van der Waals surface area contributed by atoms with E-state index in [1.165, 1.54) is 0 Å². The van der Waals surface area contributed by atoms with Gasteiger partial charge in [-0.2, -0.15) is 0 Å². The van der Waals surface area contributed by atoms with Crippen molar-refractivity contribution in [1.82, 2.24) is 10.6 Å². The van der Waals surface area contributed by atoms with E-state index in [0.29, 0.717) is 12.8 Å². The fourth-order valence-corrected chi connectivity index (χ4v) is 3.68. The van der Waals surface area contributed by atoms with Crippen LogP contribution in [0.15, 0.2) is 0 Å². The molecule has 4 N–H and O–H groups in total. The molecule has 0 saturated carbocycles. The summed E-state index contributed by atoms with van der Waals surface area (Å²) in [6.45, 7) is 5.48. The molecule has 0 rings (SSSR count). The van der Waals surface area contributed by atoms with Gasteiger partial charge in [-0.3, -0.25) is 9.59 Å². The summed E-state index contributed by atoms with van der Waals surface area (Å²) in [6.07, 6.45) is 16.6. The molecule has 0 aromatic heterocycles. The van der Waals surface area contributed by atoms with Crippen LogP contribution in [0.2, 0.25) is 0 Å². The molecule has 0 aliphatic heterocycles. The van der Waals surface area contributed by atoms with E-state index in [1.54, 1.807) is 0 Å². The van der Waals surface area contributed by atoms with Crippen LogP contribution in [0.1, 0.15) is 129 Å². The molecule has 6 heteroatoms. The average molecular weight is 457 g/mol. The summed E-state index contributed by atoms with van der Waals surface area (Å²) in [5, 5.41) is 25.0. The molecule has 32 heavy (non-hydrogen) atoms. The molecule has 0 aromatic carbocycles. The fourth-order valence-electron chi connectivity index (χ4n) is 3.68. The number of aliphatic hydroxyl groups is 2. The lowest BCUT2D eigenvalue weighted by Crippen LogP contribution is -2.24.